The number of halogens is 2. The SMILES string of the molecule is CN(C)c1ccc2c(c1)NCCC2.Cl.Cl. The maximum atomic E-state index is 3.43. The third-order valence-electron chi connectivity index (χ3n) is 2.55. The summed E-state index contributed by atoms with van der Waals surface area (Å²) >= 11 is 0. The van der Waals surface area contributed by atoms with Gasteiger partial charge in [-0.2, -0.15) is 0 Å². The Morgan fingerprint density at radius 3 is 2.60 bits per heavy atom. The van der Waals surface area contributed by atoms with Gasteiger partial charge in [0.25, 0.3) is 0 Å². The first kappa shape index (κ1) is 14.4. The number of fused-ring (bicyclic) bond motifs is 1. The van der Waals surface area contributed by atoms with E-state index in [4.69, 9.17) is 0 Å². The minimum absolute atomic E-state index is 0. The maximum Gasteiger partial charge on any atom is 0.0393 e. The summed E-state index contributed by atoms with van der Waals surface area (Å²) in [6.07, 6.45) is 2.48. The van der Waals surface area contributed by atoms with Crippen molar-refractivity contribution in [1.82, 2.24) is 0 Å². The number of anilines is 2. The summed E-state index contributed by atoms with van der Waals surface area (Å²) in [6, 6.07) is 6.65. The summed E-state index contributed by atoms with van der Waals surface area (Å²) in [7, 11) is 4.15. The van der Waals surface area contributed by atoms with Crippen molar-refractivity contribution >= 4 is 36.2 Å². The Hall–Kier alpha value is -0.600. The summed E-state index contributed by atoms with van der Waals surface area (Å²) in [4.78, 5) is 2.14. The Morgan fingerprint density at radius 2 is 1.93 bits per heavy atom. The molecule has 86 valence electrons. The Morgan fingerprint density at radius 1 is 1.20 bits per heavy atom. The van der Waals surface area contributed by atoms with Crippen molar-refractivity contribution in [3.8, 4) is 0 Å². The summed E-state index contributed by atoms with van der Waals surface area (Å²) < 4.78 is 0. The van der Waals surface area contributed by atoms with E-state index in [0.717, 1.165) is 6.54 Å². The molecule has 1 aromatic rings. The second-order valence-electron chi connectivity index (χ2n) is 3.77. The molecule has 0 atom stereocenters. The minimum atomic E-state index is 0. The standard InChI is InChI=1S/C11H16N2.2ClH/c1-13(2)10-6-5-9-4-3-7-12-11(9)8-10;;/h5-6,8,12H,3-4,7H2,1-2H3;2*1H. The van der Waals surface area contributed by atoms with E-state index in [2.05, 4.69) is 42.5 Å². The van der Waals surface area contributed by atoms with Crippen LogP contribution in [0.3, 0.4) is 0 Å². The molecule has 2 rings (SSSR count). The number of nitrogens with one attached hydrogen (secondary N) is 1. The van der Waals surface area contributed by atoms with Crippen LogP contribution in [-0.2, 0) is 6.42 Å². The summed E-state index contributed by atoms with van der Waals surface area (Å²) in [5.41, 5.74) is 4.04. The normalized spacial score (nSPS) is 12.7. The van der Waals surface area contributed by atoms with E-state index in [0.29, 0.717) is 0 Å². The maximum absolute atomic E-state index is 3.43. The van der Waals surface area contributed by atoms with Gasteiger partial charge in [-0.25, -0.2) is 0 Å². The van der Waals surface area contributed by atoms with E-state index in [1.807, 2.05) is 0 Å². The van der Waals surface area contributed by atoms with E-state index in [9.17, 15) is 0 Å². The Labute approximate surface area is 104 Å². The molecular formula is C11H18Cl2N2. The first-order valence-corrected chi connectivity index (χ1v) is 4.81. The minimum Gasteiger partial charge on any atom is -0.385 e. The van der Waals surface area contributed by atoms with E-state index < -0.39 is 0 Å². The van der Waals surface area contributed by atoms with Gasteiger partial charge in [0.2, 0.25) is 0 Å². The molecule has 1 N–H and O–H groups in total. The molecule has 0 spiro atoms. The zero-order valence-corrected chi connectivity index (χ0v) is 10.8. The highest BCUT2D eigenvalue weighted by molar-refractivity contribution is 5.85. The lowest BCUT2D eigenvalue weighted by Crippen LogP contribution is -2.14. The second kappa shape index (κ2) is 6.09. The van der Waals surface area contributed by atoms with Crippen molar-refractivity contribution in [2.45, 2.75) is 12.8 Å². The molecule has 1 aliphatic rings. The van der Waals surface area contributed by atoms with Crippen LogP contribution in [0.25, 0.3) is 0 Å². The fraction of sp³-hybridized carbons (Fsp3) is 0.455. The molecule has 0 aromatic heterocycles. The molecule has 1 aromatic carbocycles. The fourth-order valence-corrected chi connectivity index (χ4v) is 1.73. The zero-order chi connectivity index (χ0) is 9.26. The van der Waals surface area contributed by atoms with Crippen LogP contribution in [-0.4, -0.2) is 20.6 Å². The second-order valence-corrected chi connectivity index (χ2v) is 3.77. The number of benzene rings is 1. The molecule has 0 fully saturated rings. The van der Waals surface area contributed by atoms with Crippen LogP contribution >= 0.6 is 24.8 Å². The summed E-state index contributed by atoms with van der Waals surface area (Å²) in [6.45, 7) is 1.11. The number of nitrogens with zero attached hydrogens (tertiary/aromatic N) is 1. The largest absolute Gasteiger partial charge is 0.385 e. The Bertz CT molecular complexity index is 313. The monoisotopic (exact) mass is 248 g/mol. The lowest BCUT2D eigenvalue weighted by Gasteiger charge is -2.21. The van der Waals surface area contributed by atoms with Gasteiger partial charge in [-0.05, 0) is 30.5 Å². The van der Waals surface area contributed by atoms with Crippen LogP contribution in [0.5, 0.6) is 0 Å². The van der Waals surface area contributed by atoms with E-state index >= 15 is 0 Å². The molecule has 0 saturated heterocycles. The van der Waals surface area contributed by atoms with Gasteiger partial charge in [0.05, 0.1) is 0 Å². The van der Waals surface area contributed by atoms with Crippen molar-refractivity contribution in [1.29, 1.82) is 0 Å². The average molecular weight is 249 g/mol. The van der Waals surface area contributed by atoms with Crippen molar-refractivity contribution < 1.29 is 0 Å². The molecule has 4 heteroatoms. The molecule has 0 aliphatic carbocycles. The zero-order valence-electron chi connectivity index (χ0n) is 9.12. The third kappa shape index (κ3) is 3.18. The topological polar surface area (TPSA) is 15.3 Å². The van der Waals surface area contributed by atoms with Crippen LogP contribution in [0.2, 0.25) is 0 Å². The first-order chi connectivity index (χ1) is 6.27. The van der Waals surface area contributed by atoms with Crippen LogP contribution in [0.4, 0.5) is 11.4 Å². The molecule has 1 aliphatic heterocycles. The molecule has 0 radical (unpaired) electrons. The van der Waals surface area contributed by atoms with Gasteiger partial charge in [-0.3, -0.25) is 0 Å². The number of rotatable bonds is 1. The molecule has 0 unspecified atom stereocenters. The smallest absolute Gasteiger partial charge is 0.0393 e. The molecule has 0 bridgehead atoms. The van der Waals surface area contributed by atoms with Gasteiger partial charge < -0.3 is 10.2 Å². The lowest BCUT2D eigenvalue weighted by atomic mass is 10.0. The molecule has 2 nitrogen and oxygen atoms in total. The molecule has 0 amide bonds. The van der Waals surface area contributed by atoms with Gasteiger partial charge in [0.15, 0.2) is 0 Å². The van der Waals surface area contributed by atoms with Crippen molar-refractivity contribution in [3.05, 3.63) is 23.8 Å². The third-order valence-corrected chi connectivity index (χ3v) is 2.55. The van der Waals surface area contributed by atoms with Gasteiger partial charge in [-0.15, -0.1) is 24.8 Å². The fourth-order valence-electron chi connectivity index (χ4n) is 1.73. The quantitative estimate of drug-likeness (QED) is 0.823. The number of hydrogen-bond donors (Lipinski definition) is 1. The van der Waals surface area contributed by atoms with Crippen molar-refractivity contribution in [2.75, 3.05) is 30.9 Å². The van der Waals surface area contributed by atoms with Crippen LogP contribution in [0, 0.1) is 0 Å². The average Bonchev–Trinajstić information content (AvgIpc) is 2.17. The summed E-state index contributed by atoms with van der Waals surface area (Å²) in [5.74, 6) is 0. The highest BCUT2D eigenvalue weighted by Crippen LogP contribution is 2.26. The van der Waals surface area contributed by atoms with Crippen LogP contribution in [0.15, 0.2) is 18.2 Å². The molecule has 1 heterocycles. The van der Waals surface area contributed by atoms with Crippen molar-refractivity contribution in [2.24, 2.45) is 0 Å². The summed E-state index contributed by atoms with van der Waals surface area (Å²) in [5, 5.41) is 3.43. The molecular weight excluding hydrogens is 231 g/mol. The Balaban J connectivity index is 0.000000980. The number of hydrogen-bond acceptors (Lipinski definition) is 2. The highest BCUT2D eigenvalue weighted by atomic mass is 35.5. The van der Waals surface area contributed by atoms with Crippen molar-refractivity contribution in [3.63, 3.8) is 0 Å². The predicted molar refractivity (Wildman–Crippen MR) is 72.1 cm³/mol. The Kier molecular flexibility index (Phi) is 5.84. The van der Waals surface area contributed by atoms with Gasteiger partial charge in [0.1, 0.15) is 0 Å². The highest BCUT2D eigenvalue weighted by Gasteiger charge is 2.08. The van der Waals surface area contributed by atoms with E-state index in [1.54, 1.807) is 0 Å². The van der Waals surface area contributed by atoms with Crippen LogP contribution < -0.4 is 10.2 Å². The molecule has 15 heavy (non-hydrogen) atoms. The van der Waals surface area contributed by atoms with E-state index in [-0.39, 0.29) is 24.8 Å². The number of aryl methyl sites for hydroxylation is 1. The van der Waals surface area contributed by atoms with Gasteiger partial charge in [0, 0.05) is 32.0 Å². The molecule has 0 saturated carbocycles. The van der Waals surface area contributed by atoms with Crippen LogP contribution in [0.1, 0.15) is 12.0 Å². The van der Waals surface area contributed by atoms with Gasteiger partial charge >= 0.3 is 0 Å². The predicted octanol–water partition coefficient (Wildman–Crippen LogP) is 2.95. The lowest BCUT2D eigenvalue weighted by molar-refractivity contribution is 0.830. The van der Waals surface area contributed by atoms with E-state index in [1.165, 1.54) is 29.8 Å². The van der Waals surface area contributed by atoms with Gasteiger partial charge in [-0.1, -0.05) is 6.07 Å². The first-order valence-electron chi connectivity index (χ1n) is 4.81.